The van der Waals surface area contributed by atoms with Crippen molar-refractivity contribution >= 4 is 75.6 Å². The molecule has 0 radical (unpaired) electrons. The minimum atomic E-state index is -1.76. The molecule has 1 rings (SSSR count). The Balaban J connectivity index is 3.28. The smallest absolute Gasteiger partial charge is 0.303 e. The van der Waals surface area contributed by atoms with Gasteiger partial charge in [-0.2, -0.15) is 0 Å². The van der Waals surface area contributed by atoms with E-state index in [0.717, 1.165) is 0 Å². The number of alkyl halides is 3. The van der Waals surface area contributed by atoms with Crippen LogP contribution < -0.4 is 0 Å². The molecule has 0 saturated carbocycles. The Bertz CT molecular complexity index is 480. The van der Waals surface area contributed by atoms with Crippen LogP contribution in [0.15, 0.2) is 6.07 Å². The fraction of sp³-hybridized carbons (Fsp3) is 0.300. The third-order valence-electron chi connectivity index (χ3n) is 2.14. The van der Waals surface area contributed by atoms with Crippen molar-refractivity contribution in [2.45, 2.75) is 16.6 Å². The van der Waals surface area contributed by atoms with Crippen molar-refractivity contribution in [1.29, 1.82) is 0 Å². The fourth-order valence-electron chi connectivity index (χ4n) is 1.29. The summed E-state index contributed by atoms with van der Waals surface area (Å²) in [4.78, 5) is 10.5. The molecule has 0 fully saturated rings. The fourth-order valence-corrected chi connectivity index (χ4v) is 2.68. The molecule has 1 aromatic rings. The molecular weight excluding hydrogens is 365 g/mol. The van der Waals surface area contributed by atoms with E-state index in [2.05, 4.69) is 0 Å². The van der Waals surface area contributed by atoms with E-state index in [9.17, 15) is 4.79 Å². The van der Waals surface area contributed by atoms with Crippen LogP contribution >= 0.6 is 69.6 Å². The molecule has 0 aliphatic carbocycles. The Morgan fingerprint density at radius 3 is 2.11 bits per heavy atom. The lowest BCUT2D eigenvalue weighted by Crippen LogP contribution is -2.05. The predicted molar refractivity (Wildman–Crippen MR) is 76.7 cm³/mol. The summed E-state index contributed by atoms with van der Waals surface area (Å²) < 4.78 is -1.76. The summed E-state index contributed by atoms with van der Waals surface area (Å²) >= 11 is 35.1. The summed E-state index contributed by atoms with van der Waals surface area (Å²) in [5.41, 5.74) is 0.638. The van der Waals surface area contributed by atoms with E-state index in [0.29, 0.717) is 5.56 Å². The lowest BCUT2D eigenvalue weighted by Gasteiger charge is -2.17. The van der Waals surface area contributed by atoms with Crippen LogP contribution in [-0.4, -0.2) is 11.1 Å². The molecule has 1 N–H and O–H groups in total. The topological polar surface area (TPSA) is 37.3 Å². The molecule has 0 aliphatic rings. The van der Waals surface area contributed by atoms with Gasteiger partial charge in [0.05, 0.1) is 15.1 Å². The summed E-state index contributed by atoms with van der Waals surface area (Å²) in [6, 6.07) is 1.45. The number of hydrogen-bond donors (Lipinski definition) is 1. The molecule has 100 valence electrons. The first-order chi connectivity index (χ1) is 8.14. The molecule has 0 atom stereocenters. The van der Waals surface area contributed by atoms with E-state index in [1.807, 2.05) is 0 Å². The van der Waals surface area contributed by atoms with Gasteiger partial charge < -0.3 is 5.11 Å². The Morgan fingerprint density at radius 1 is 1.11 bits per heavy atom. The Hall–Kier alpha value is 0.430. The van der Waals surface area contributed by atoms with Crippen LogP contribution in [0.3, 0.4) is 0 Å². The van der Waals surface area contributed by atoms with Crippen molar-refractivity contribution in [3.8, 4) is 0 Å². The first kappa shape index (κ1) is 16.5. The van der Waals surface area contributed by atoms with E-state index in [-0.39, 0.29) is 33.5 Å². The first-order valence-electron chi connectivity index (χ1n) is 4.60. The molecule has 0 spiro atoms. The van der Waals surface area contributed by atoms with Crippen LogP contribution in [0.5, 0.6) is 0 Å². The highest BCUT2D eigenvalue weighted by Crippen LogP contribution is 2.47. The molecule has 8 heteroatoms. The highest BCUT2D eigenvalue weighted by molar-refractivity contribution is 6.67. The van der Waals surface area contributed by atoms with Gasteiger partial charge in [0, 0.05) is 12.0 Å². The van der Waals surface area contributed by atoms with Crippen molar-refractivity contribution < 1.29 is 9.90 Å². The van der Waals surface area contributed by atoms with Crippen LogP contribution in [0, 0.1) is 0 Å². The quantitative estimate of drug-likeness (QED) is 0.564. The third kappa shape index (κ3) is 3.96. The Morgan fingerprint density at radius 2 is 1.67 bits per heavy atom. The summed E-state index contributed by atoms with van der Waals surface area (Å²) in [5, 5.41) is 8.89. The number of aliphatic carboxylic acids is 1. The van der Waals surface area contributed by atoms with Crippen LogP contribution in [0.2, 0.25) is 15.1 Å². The minimum Gasteiger partial charge on any atom is -0.481 e. The lowest BCUT2D eigenvalue weighted by atomic mass is 10.1. The average Bonchev–Trinajstić information content (AvgIpc) is 2.23. The monoisotopic (exact) mass is 368 g/mol. The standard InChI is InChI=1S/C10H6Cl6O2/c11-7-4(1-2-6(17)18)3-5(10(14,15)16)8(12)9(7)13/h3H,1-2H2,(H,17,18). The number of benzene rings is 1. The van der Waals surface area contributed by atoms with Gasteiger partial charge >= 0.3 is 5.97 Å². The Labute approximate surface area is 134 Å². The van der Waals surface area contributed by atoms with Gasteiger partial charge in [-0.1, -0.05) is 69.6 Å². The van der Waals surface area contributed by atoms with Gasteiger partial charge in [0.1, 0.15) is 0 Å². The molecule has 0 aromatic heterocycles. The maximum absolute atomic E-state index is 10.5. The van der Waals surface area contributed by atoms with E-state index < -0.39 is 9.76 Å². The van der Waals surface area contributed by atoms with Crippen molar-refractivity contribution in [3.05, 3.63) is 32.3 Å². The van der Waals surface area contributed by atoms with Gasteiger partial charge in [0.2, 0.25) is 3.79 Å². The summed E-state index contributed by atoms with van der Waals surface area (Å²) in [5.74, 6) is -0.965. The van der Waals surface area contributed by atoms with Gasteiger partial charge in [-0.05, 0) is 18.1 Å². The largest absolute Gasteiger partial charge is 0.481 e. The molecule has 0 aliphatic heterocycles. The van der Waals surface area contributed by atoms with Gasteiger partial charge in [-0.3, -0.25) is 4.79 Å². The second kappa shape index (κ2) is 6.25. The molecule has 18 heavy (non-hydrogen) atoms. The first-order valence-corrected chi connectivity index (χ1v) is 6.86. The zero-order chi connectivity index (χ0) is 14.1. The number of rotatable bonds is 3. The SMILES string of the molecule is O=C(O)CCc1cc(C(Cl)(Cl)Cl)c(Cl)c(Cl)c1Cl. The van der Waals surface area contributed by atoms with E-state index in [1.54, 1.807) is 0 Å². The van der Waals surface area contributed by atoms with Gasteiger partial charge in [-0.15, -0.1) is 0 Å². The third-order valence-corrected chi connectivity index (χ3v) is 4.14. The summed E-state index contributed by atoms with van der Waals surface area (Å²) in [6.45, 7) is 0. The van der Waals surface area contributed by atoms with Gasteiger partial charge in [0.25, 0.3) is 0 Å². The van der Waals surface area contributed by atoms with E-state index in [1.165, 1.54) is 6.07 Å². The zero-order valence-electron chi connectivity index (χ0n) is 8.61. The minimum absolute atomic E-state index is 0.0424. The molecule has 1 aromatic carbocycles. The van der Waals surface area contributed by atoms with Gasteiger partial charge in [-0.25, -0.2) is 0 Å². The zero-order valence-corrected chi connectivity index (χ0v) is 13.2. The molecular formula is C10H6Cl6O2. The number of carboxylic acid groups (broad SMARTS) is 1. The highest BCUT2D eigenvalue weighted by Gasteiger charge is 2.29. The molecule has 0 bridgehead atoms. The molecule has 0 saturated heterocycles. The molecule has 0 unspecified atom stereocenters. The number of hydrogen-bond acceptors (Lipinski definition) is 1. The van der Waals surface area contributed by atoms with E-state index >= 15 is 0 Å². The second-order valence-electron chi connectivity index (χ2n) is 3.42. The summed E-state index contributed by atoms with van der Waals surface area (Å²) in [7, 11) is 0. The van der Waals surface area contributed by atoms with Crippen molar-refractivity contribution in [2.24, 2.45) is 0 Å². The van der Waals surface area contributed by atoms with E-state index in [4.69, 9.17) is 74.7 Å². The van der Waals surface area contributed by atoms with Gasteiger partial charge in [0.15, 0.2) is 0 Å². The number of aryl methyl sites for hydroxylation is 1. The van der Waals surface area contributed by atoms with Crippen LogP contribution in [-0.2, 0) is 15.0 Å². The lowest BCUT2D eigenvalue weighted by molar-refractivity contribution is -0.136. The molecule has 2 nitrogen and oxygen atoms in total. The normalized spacial score (nSPS) is 11.7. The number of carbonyl (C=O) groups is 1. The number of halogens is 6. The second-order valence-corrected chi connectivity index (χ2v) is 6.83. The predicted octanol–water partition coefficient (Wildman–Crippen LogP) is 5.49. The Kier molecular flexibility index (Phi) is 5.73. The molecule has 0 amide bonds. The molecule has 0 heterocycles. The maximum atomic E-state index is 10.5. The van der Waals surface area contributed by atoms with Crippen LogP contribution in [0.25, 0.3) is 0 Å². The van der Waals surface area contributed by atoms with Crippen LogP contribution in [0.1, 0.15) is 17.5 Å². The van der Waals surface area contributed by atoms with Crippen molar-refractivity contribution in [1.82, 2.24) is 0 Å². The van der Waals surface area contributed by atoms with Crippen LogP contribution in [0.4, 0.5) is 0 Å². The summed E-state index contributed by atoms with van der Waals surface area (Å²) in [6.07, 6.45) is 0.0514. The average molecular weight is 371 g/mol. The number of carboxylic acids is 1. The van der Waals surface area contributed by atoms with Crippen molar-refractivity contribution in [2.75, 3.05) is 0 Å². The highest BCUT2D eigenvalue weighted by atomic mass is 35.6. The maximum Gasteiger partial charge on any atom is 0.303 e. The van der Waals surface area contributed by atoms with Crippen molar-refractivity contribution in [3.63, 3.8) is 0 Å².